The summed E-state index contributed by atoms with van der Waals surface area (Å²) in [7, 11) is 0. The fourth-order valence-electron chi connectivity index (χ4n) is 2.28. The number of hydrogen-bond acceptors (Lipinski definition) is 4. The number of anilines is 1. The molecule has 9 heteroatoms. The van der Waals surface area contributed by atoms with E-state index in [0.717, 1.165) is 24.5 Å². The lowest BCUT2D eigenvalue weighted by molar-refractivity contribution is -0.137. The molecule has 0 bridgehead atoms. The van der Waals surface area contributed by atoms with E-state index in [0.29, 0.717) is 11.0 Å². The van der Waals surface area contributed by atoms with Crippen LogP contribution in [-0.4, -0.2) is 20.4 Å². The van der Waals surface area contributed by atoms with Gasteiger partial charge in [-0.25, -0.2) is 9.97 Å². The molecule has 3 aromatic rings. The number of aromatic nitrogens is 3. The number of benzene rings is 1. The number of rotatable bonds is 3. The molecule has 3 rings (SSSR count). The summed E-state index contributed by atoms with van der Waals surface area (Å²) in [4.78, 5) is 31.7. The average Bonchev–Trinajstić information content (AvgIpc) is 2.57. The zero-order valence-electron chi connectivity index (χ0n) is 12.6. The van der Waals surface area contributed by atoms with Gasteiger partial charge in [0.15, 0.2) is 0 Å². The first-order chi connectivity index (χ1) is 11.8. The van der Waals surface area contributed by atoms with Gasteiger partial charge in [0.25, 0.3) is 5.56 Å². The molecule has 2 aromatic heterocycles. The molecule has 0 fully saturated rings. The van der Waals surface area contributed by atoms with Crippen LogP contribution in [0.5, 0.6) is 0 Å². The zero-order valence-corrected chi connectivity index (χ0v) is 12.6. The first-order valence-electron chi connectivity index (χ1n) is 7.12. The van der Waals surface area contributed by atoms with Crippen LogP contribution in [-0.2, 0) is 17.5 Å². The third-order valence-corrected chi connectivity index (χ3v) is 3.41. The zero-order chi connectivity index (χ0) is 18.0. The monoisotopic (exact) mass is 348 g/mol. The molecule has 0 aliphatic rings. The third kappa shape index (κ3) is 3.65. The highest BCUT2D eigenvalue weighted by Crippen LogP contribution is 2.29. The fraction of sp³-hybridized carbons (Fsp3) is 0.125. The number of nitrogens with zero attached hydrogens (tertiary/aromatic N) is 3. The maximum Gasteiger partial charge on any atom is 0.416 e. The Bertz CT molecular complexity index is 998. The quantitative estimate of drug-likeness (QED) is 0.789. The third-order valence-electron chi connectivity index (χ3n) is 3.41. The summed E-state index contributed by atoms with van der Waals surface area (Å²) in [6, 6.07) is 8.25. The lowest BCUT2D eigenvalue weighted by atomic mass is 10.2. The standard InChI is InChI=1S/C16H11F3N4O2/c17-16(18,19)10-5-6-20-13(7-10)22-14(24)9-23-12-4-2-1-3-11(12)21-8-15(23)25/h1-8H,9H2,(H,20,22,24). The van der Waals surface area contributed by atoms with Gasteiger partial charge in [0.05, 0.1) is 22.8 Å². The van der Waals surface area contributed by atoms with Crippen molar-refractivity contribution >= 4 is 22.8 Å². The molecular weight excluding hydrogens is 337 g/mol. The summed E-state index contributed by atoms with van der Waals surface area (Å²) in [5, 5.41) is 2.26. The van der Waals surface area contributed by atoms with Gasteiger partial charge in [-0.2, -0.15) is 13.2 Å². The Morgan fingerprint density at radius 2 is 1.92 bits per heavy atom. The number of alkyl halides is 3. The Morgan fingerprint density at radius 3 is 2.68 bits per heavy atom. The molecule has 128 valence electrons. The minimum Gasteiger partial charge on any atom is -0.309 e. The number of pyridine rings is 1. The van der Waals surface area contributed by atoms with E-state index < -0.39 is 23.2 Å². The van der Waals surface area contributed by atoms with Gasteiger partial charge in [0, 0.05) is 6.20 Å². The van der Waals surface area contributed by atoms with E-state index in [1.807, 2.05) is 0 Å². The molecule has 1 N–H and O–H groups in total. The summed E-state index contributed by atoms with van der Waals surface area (Å²) in [6.07, 6.45) is -2.51. The van der Waals surface area contributed by atoms with Crippen LogP contribution in [0.2, 0.25) is 0 Å². The van der Waals surface area contributed by atoms with Gasteiger partial charge in [-0.15, -0.1) is 0 Å². The van der Waals surface area contributed by atoms with Crippen LogP contribution < -0.4 is 10.9 Å². The molecule has 25 heavy (non-hydrogen) atoms. The molecule has 0 saturated carbocycles. The lowest BCUT2D eigenvalue weighted by Gasteiger charge is -2.11. The van der Waals surface area contributed by atoms with Crippen LogP contribution in [0, 0.1) is 0 Å². The van der Waals surface area contributed by atoms with Crippen LogP contribution in [0.3, 0.4) is 0 Å². The Hall–Kier alpha value is -3.23. The van der Waals surface area contributed by atoms with Gasteiger partial charge in [-0.05, 0) is 24.3 Å². The molecule has 1 amide bonds. The summed E-state index contributed by atoms with van der Waals surface area (Å²) in [6.45, 7) is -0.375. The molecule has 0 atom stereocenters. The molecular formula is C16H11F3N4O2. The summed E-state index contributed by atoms with van der Waals surface area (Å²) in [5.41, 5.74) is -0.454. The number of carbonyl (C=O) groups excluding carboxylic acids is 1. The predicted octanol–water partition coefficient (Wildman–Crippen LogP) is 2.45. The van der Waals surface area contributed by atoms with E-state index in [4.69, 9.17) is 0 Å². The minimum absolute atomic E-state index is 0.244. The van der Waals surface area contributed by atoms with Gasteiger partial charge >= 0.3 is 6.18 Å². The number of nitrogens with one attached hydrogen (secondary N) is 1. The molecule has 1 aromatic carbocycles. The van der Waals surface area contributed by atoms with Crippen molar-refractivity contribution in [3.8, 4) is 0 Å². The Labute approximate surface area is 139 Å². The van der Waals surface area contributed by atoms with E-state index in [1.54, 1.807) is 24.3 Å². The molecule has 2 heterocycles. The van der Waals surface area contributed by atoms with Crippen molar-refractivity contribution in [1.29, 1.82) is 0 Å². The van der Waals surface area contributed by atoms with Crippen molar-refractivity contribution in [3.63, 3.8) is 0 Å². The summed E-state index contributed by atoms with van der Waals surface area (Å²) in [5.74, 6) is -0.920. The van der Waals surface area contributed by atoms with Crippen molar-refractivity contribution in [2.75, 3.05) is 5.32 Å². The molecule has 0 saturated heterocycles. The molecule has 0 radical (unpaired) electrons. The second-order valence-electron chi connectivity index (χ2n) is 5.15. The van der Waals surface area contributed by atoms with Crippen molar-refractivity contribution in [1.82, 2.24) is 14.5 Å². The maximum atomic E-state index is 12.7. The number of amides is 1. The second-order valence-corrected chi connectivity index (χ2v) is 5.15. The van der Waals surface area contributed by atoms with E-state index in [-0.39, 0.29) is 12.4 Å². The van der Waals surface area contributed by atoms with Crippen molar-refractivity contribution in [2.24, 2.45) is 0 Å². The summed E-state index contributed by atoms with van der Waals surface area (Å²) >= 11 is 0. The summed E-state index contributed by atoms with van der Waals surface area (Å²) < 4.78 is 39.2. The van der Waals surface area contributed by atoms with Crippen LogP contribution in [0.15, 0.2) is 53.6 Å². The number of hydrogen-bond donors (Lipinski definition) is 1. The smallest absolute Gasteiger partial charge is 0.309 e. The highest BCUT2D eigenvalue weighted by Gasteiger charge is 2.30. The molecule has 0 aliphatic heterocycles. The van der Waals surface area contributed by atoms with Gasteiger partial charge in [-0.3, -0.25) is 14.2 Å². The van der Waals surface area contributed by atoms with Gasteiger partial charge in [0.2, 0.25) is 5.91 Å². The number of carbonyl (C=O) groups is 1. The molecule has 6 nitrogen and oxygen atoms in total. The highest BCUT2D eigenvalue weighted by molar-refractivity contribution is 5.90. The van der Waals surface area contributed by atoms with Crippen LogP contribution in [0.25, 0.3) is 11.0 Å². The fourth-order valence-corrected chi connectivity index (χ4v) is 2.28. The van der Waals surface area contributed by atoms with E-state index in [1.165, 1.54) is 4.57 Å². The van der Waals surface area contributed by atoms with Gasteiger partial charge < -0.3 is 5.32 Å². The number of halogens is 3. The number of fused-ring (bicyclic) bond motifs is 1. The Kier molecular flexibility index (Phi) is 4.22. The van der Waals surface area contributed by atoms with E-state index >= 15 is 0 Å². The SMILES string of the molecule is O=C(Cn1c(=O)cnc2ccccc21)Nc1cc(C(F)(F)F)ccn1. The minimum atomic E-state index is -4.54. The molecule has 0 unspecified atom stereocenters. The van der Waals surface area contributed by atoms with Crippen LogP contribution in [0.1, 0.15) is 5.56 Å². The molecule has 0 spiro atoms. The Balaban J connectivity index is 1.85. The van der Waals surface area contributed by atoms with E-state index in [9.17, 15) is 22.8 Å². The predicted molar refractivity (Wildman–Crippen MR) is 83.9 cm³/mol. The first kappa shape index (κ1) is 16.6. The van der Waals surface area contributed by atoms with Crippen molar-refractivity contribution in [2.45, 2.75) is 12.7 Å². The first-order valence-corrected chi connectivity index (χ1v) is 7.12. The molecule has 0 aliphatic carbocycles. The van der Waals surface area contributed by atoms with Crippen molar-refractivity contribution in [3.05, 3.63) is 64.7 Å². The van der Waals surface area contributed by atoms with Gasteiger partial charge in [-0.1, -0.05) is 12.1 Å². The number of para-hydroxylation sites is 2. The second kappa shape index (κ2) is 6.34. The highest BCUT2D eigenvalue weighted by atomic mass is 19.4. The topological polar surface area (TPSA) is 76.9 Å². The van der Waals surface area contributed by atoms with Gasteiger partial charge in [0.1, 0.15) is 12.4 Å². The largest absolute Gasteiger partial charge is 0.416 e. The van der Waals surface area contributed by atoms with E-state index in [2.05, 4.69) is 15.3 Å². The lowest BCUT2D eigenvalue weighted by Crippen LogP contribution is -2.28. The average molecular weight is 348 g/mol. The van der Waals surface area contributed by atoms with Crippen LogP contribution >= 0.6 is 0 Å². The van der Waals surface area contributed by atoms with Crippen LogP contribution in [0.4, 0.5) is 19.0 Å². The van der Waals surface area contributed by atoms with Crippen molar-refractivity contribution < 1.29 is 18.0 Å². The Morgan fingerprint density at radius 1 is 1.16 bits per heavy atom. The normalized spacial score (nSPS) is 11.5. The maximum absolute atomic E-state index is 12.7.